The molecule has 0 aromatic carbocycles. The molecular weight excluding hydrogens is 142 g/mol. The predicted octanol–water partition coefficient (Wildman–Crippen LogP) is 1.18. The highest BCUT2D eigenvalue weighted by atomic mass is 16.5. The summed E-state index contributed by atoms with van der Waals surface area (Å²) in [7, 11) is 0. The Morgan fingerprint density at radius 1 is 1.36 bits per heavy atom. The van der Waals surface area contributed by atoms with E-state index in [1.165, 1.54) is 0 Å². The Morgan fingerprint density at radius 2 is 2.18 bits per heavy atom. The second-order valence-electron chi connectivity index (χ2n) is 2.19. The molecule has 0 aliphatic heterocycles. The van der Waals surface area contributed by atoms with Gasteiger partial charge in [-0.3, -0.25) is 0 Å². The number of nitrogens with zero attached hydrogens (tertiary/aromatic N) is 3. The van der Waals surface area contributed by atoms with E-state index in [4.69, 9.17) is 4.52 Å². The molecule has 2 aromatic rings. The molecule has 0 atom stereocenters. The normalized spacial score (nSPS) is 10.6. The largest absolute Gasteiger partial charge is 0.334 e. The van der Waals surface area contributed by atoms with Crippen molar-refractivity contribution in [2.75, 3.05) is 0 Å². The van der Waals surface area contributed by atoms with Crippen LogP contribution in [0, 0.1) is 0 Å². The van der Waals surface area contributed by atoms with Gasteiger partial charge in [-0.2, -0.15) is 0 Å². The van der Waals surface area contributed by atoms with E-state index in [2.05, 4.69) is 15.1 Å². The highest BCUT2D eigenvalue weighted by Gasteiger charge is 2.06. The van der Waals surface area contributed by atoms with Gasteiger partial charge in [-0.15, -0.1) is 0 Å². The van der Waals surface area contributed by atoms with Crippen molar-refractivity contribution in [2.24, 2.45) is 0 Å². The van der Waals surface area contributed by atoms with Gasteiger partial charge in [0.05, 0.1) is 0 Å². The van der Waals surface area contributed by atoms with Crippen molar-refractivity contribution < 1.29 is 4.52 Å². The zero-order chi connectivity index (χ0) is 7.68. The van der Waals surface area contributed by atoms with E-state index in [1.807, 2.05) is 6.92 Å². The molecule has 0 amide bonds. The van der Waals surface area contributed by atoms with E-state index in [0.717, 1.165) is 17.6 Å². The molecule has 11 heavy (non-hydrogen) atoms. The van der Waals surface area contributed by atoms with Crippen LogP contribution < -0.4 is 0 Å². The fourth-order valence-corrected chi connectivity index (χ4v) is 0.964. The van der Waals surface area contributed by atoms with Crippen LogP contribution in [0.15, 0.2) is 16.9 Å². The molecule has 2 aromatic heterocycles. The van der Waals surface area contributed by atoms with Crippen LogP contribution >= 0.6 is 0 Å². The van der Waals surface area contributed by atoms with Gasteiger partial charge in [0.25, 0.3) is 5.71 Å². The average molecular weight is 149 g/mol. The van der Waals surface area contributed by atoms with Gasteiger partial charge in [0, 0.05) is 12.4 Å². The van der Waals surface area contributed by atoms with E-state index >= 15 is 0 Å². The lowest BCUT2D eigenvalue weighted by molar-refractivity contribution is 0.440. The van der Waals surface area contributed by atoms with Crippen LogP contribution in [0.5, 0.6) is 0 Å². The average Bonchev–Trinajstić information content (AvgIpc) is 2.47. The Hall–Kier alpha value is -1.45. The third-order valence-corrected chi connectivity index (χ3v) is 1.52. The summed E-state index contributed by atoms with van der Waals surface area (Å²) in [5.74, 6) is 0. The Balaban J connectivity index is 2.76. The van der Waals surface area contributed by atoms with Crippen LogP contribution in [0.25, 0.3) is 11.2 Å². The van der Waals surface area contributed by atoms with Crippen LogP contribution in [0.1, 0.15) is 12.6 Å². The second kappa shape index (κ2) is 2.30. The molecule has 0 spiro atoms. The zero-order valence-corrected chi connectivity index (χ0v) is 6.11. The fraction of sp³-hybridized carbons (Fsp3) is 0.286. The van der Waals surface area contributed by atoms with Crippen molar-refractivity contribution in [3.05, 3.63) is 18.1 Å². The minimum absolute atomic E-state index is 0.518. The second-order valence-corrected chi connectivity index (χ2v) is 2.19. The molecule has 0 N–H and O–H groups in total. The Morgan fingerprint density at radius 3 is 3.00 bits per heavy atom. The number of hydrogen-bond donors (Lipinski definition) is 0. The number of hydrogen-bond acceptors (Lipinski definition) is 4. The van der Waals surface area contributed by atoms with Crippen LogP contribution in [0.2, 0.25) is 0 Å². The molecule has 0 fully saturated rings. The third-order valence-electron chi connectivity index (χ3n) is 1.52. The summed E-state index contributed by atoms with van der Waals surface area (Å²) in [6.45, 7) is 2.01. The first-order valence-electron chi connectivity index (χ1n) is 3.47. The van der Waals surface area contributed by atoms with E-state index in [1.54, 1.807) is 12.4 Å². The molecule has 2 rings (SSSR count). The van der Waals surface area contributed by atoms with Gasteiger partial charge in [-0.25, -0.2) is 9.97 Å². The van der Waals surface area contributed by atoms with Gasteiger partial charge in [0.2, 0.25) is 0 Å². The molecule has 4 heteroatoms. The van der Waals surface area contributed by atoms with Crippen LogP contribution in [-0.2, 0) is 6.42 Å². The third kappa shape index (κ3) is 0.869. The maximum Gasteiger partial charge on any atom is 0.276 e. The van der Waals surface area contributed by atoms with Crippen molar-refractivity contribution in [2.45, 2.75) is 13.3 Å². The molecule has 0 bridgehead atoms. The molecule has 0 unspecified atom stereocenters. The Kier molecular flexibility index (Phi) is 1.31. The van der Waals surface area contributed by atoms with Crippen LogP contribution in [0.4, 0.5) is 0 Å². The fourth-order valence-electron chi connectivity index (χ4n) is 0.964. The Labute approximate surface area is 63.2 Å². The summed E-state index contributed by atoms with van der Waals surface area (Å²) in [4.78, 5) is 8.05. The molecule has 0 aliphatic carbocycles. The lowest BCUT2D eigenvalue weighted by Crippen LogP contribution is -1.82. The summed E-state index contributed by atoms with van der Waals surface area (Å²) in [5.41, 5.74) is 2.16. The van der Waals surface area contributed by atoms with E-state index in [9.17, 15) is 0 Å². The summed E-state index contributed by atoms with van der Waals surface area (Å²) in [5, 5.41) is 3.81. The smallest absolute Gasteiger partial charge is 0.276 e. The lowest BCUT2D eigenvalue weighted by atomic mass is 10.3. The first-order valence-corrected chi connectivity index (χ1v) is 3.47. The number of aromatic nitrogens is 3. The lowest BCUT2D eigenvalue weighted by Gasteiger charge is -1.84. The quantitative estimate of drug-likeness (QED) is 0.610. The number of fused-ring (bicyclic) bond motifs is 1. The van der Waals surface area contributed by atoms with E-state index in [-0.39, 0.29) is 0 Å². The highest BCUT2D eigenvalue weighted by Crippen LogP contribution is 2.11. The number of aryl methyl sites for hydroxylation is 1. The zero-order valence-electron chi connectivity index (χ0n) is 6.11. The van der Waals surface area contributed by atoms with Crippen molar-refractivity contribution in [1.29, 1.82) is 0 Å². The first-order chi connectivity index (χ1) is 5.42. The number of rotatable bonds is 1. The molecule has 0 radical (unpaired) electrons. The van der Waals surface area contributed by atoms with Gasteiger partial charge in [-0.1, -0.05) is 12.1 Å². The highest BCUT2D eigenvalue weighted by molar-refractivity contribution is 5.69. The molecular formula is C7H7N3O. The van der Waals surface area contributed by atoms with Crippen molar-refractivity contribution in [3.8, 4) is 0 Å². The molecule has 0 aliphatic rings. The van der Waals surface area contributed by atoms with E-state index in [0.29, 0.717) is 5.71 Å². The maximum absolute atomic E-state index is 4.92. The predicted molar refractivity (Wildman–Crippen MR) is 39.0 cm³/mol. The van der Waals surface area contributed by atoms with Crippen LogP contribution in [-0.4, -0.2) is 15.1 Å². The summed E-state index contributed by atoms with van der Waals surface area (Å²) < 4.78 is 4.92. The van der Waals surface area contributed by atoms with E-state index < -0.39 is 0 Å². The topological polar surface area (TPSA) is 51.8 Å². The standard InChI is InChI=1S/C7H7N3O/c1-2-5-6-7(11-10-5)9-4-3-8-6/h3-4H,2H2,1H3. The summed E-state index contributed by atoms with van der Waals surface area (Å²) >= 11 is 0. The van der Waals surface area contributed by atoms with Gasteiger partial charge < -0.3 is 4.52 Å². The van der Waals surface area contributed by atoms with Crippen molar-refractivity contribution in [3.63, 3.8) is 0 Å². The molecule has 2 heterocycles. The summed E-state index contributed by atoms with van der Waals surface area (Å²) in [6.07, 6.45) is 4.05. The van der Waals surface area contributed by atoms with Gasteiger partial charge in [0.15, 0.2) is 5.52 Å². The molecule has 0 saturated heterocycles. The first kappa shape index (κ1) is 6.27. The molecule has 4 nitrogen and oxygen atoms in total. The minimum atomic E-state index is 0.518. The van der Waals surface area contributed by atoms with Gasteiger partial charge in [0.1, 0.15) is 5.69 Å². The SMILES string of the molecule is CCc1noc2nccnc12. The Bertz CT molecular complexity index is 368. The minimum Gasteiger partial charge on any atom is -0.334 e. The van der Waals surface area contributed by atoms with Crippen molar-refractivity contribution in [1.82, 2.24) is 15.1 Å². The van der Waals surface area contributed by atoms with Crippen LogP contribution in [0.3, 0.4) is 0 Å². The molecule has 56 valence electrons. The van der Waals surface area contributed by atoms with Gasteiger partial charge >= 0.3 is 0 Å². The van der Waals surface area contributed by atoms with Gasteiger partial charge in [-0.05, 0) is 6.42 Å². The monoisotopic (exact) mass is 149 g/mol. The van der Waals surface area contributed by atoms with Crippen molar-refractivity contribution >= 4 is 11.2 Å². The maximum atomic E-state index is 4.92. The summed E-state index contributed by atoms with van der Waals surface area (Å²) in [6, 6.07) is 0. The molecule has 0 saturated carbocycles.